The molecule has 1 aromatic rings. The maximum Gasteiger partial charge on any atom is 1.00 e. The van der Waals surface area contributed by atoms with Gasteiger partial charge < -0.3 is 4.72 Å². The first-order chi connectivity index (χ1) is 6.57. The average molecular weight is 230 g/mol. The normalized spacial score (nSPS) is 14.6. The molecule has 0 saturated carbocycles. The number of nitrogens with two attached hydrogens (primary N) is 1. The van der Waals surface area contributed by atoms with Crippen molar-refractivity contribution in [3.8, 4) is 0 Å². The largest absolute Gasteiger partial charge is 1.00 e. The Balaban J connectivity index is 0.00000112. The first-order valence-electron chi connectivity index (χ1n) is 3.69. The van der Waals surface area contributed by atoms with Gasteiger partial charge in [-0.1, -0.05) is 0 Å². The van der Waals surface area contributed by atoms with Gasteiger partial charge in [-0.3, -0.25) is 0 Å². The molecule has 0 fully saturated rings. The Hall–Kier alpha value is -1.05. The van der Waals surface area contributed by atoms with E-state index >= 15 is 0 Å². The molecule has 0 amide bonds. The topological polar surface area (TPSA) is 84.5 Å². The molecular weight excluding hydrogens is 222 g/mol. The third kappa shape index (κ3) is 1.74. The van der Waals surface area contributed by atoms with Gasteiger partial charge in [-0.25, -0.2) is 18.5 Å². The molecule has 0 aliphatic carbocycles. The van der Waals surface area contributed by atoms with Crippen LogP contribution in [0.2, 0.25) is 0 Å². The number of nitrogens with one attached hydrogen (secondary N) is 1. The summed E-state index contributed by atoms with van der Waals surface area (Å²) in [6, 6.07) is 4.57. The number of hydrogen-bond acceptors (Lipinski definition) is 5. The van der Waals surface area contributed by atoms with Crippen LogP contribution in [0.1, 0.15) is 1.43 Å². The van der Waals surface area contributed by atoms with Crippen LogP contribution < -0.4 is 9.86 Å². The molecule has 0 spiro atoms. The first kappa shape index (κ1) is 9.50. The molecule has 1 aliphatic heterocycles. The highest BCUT2D eigenvalue weighted by molar-refractivity contribution is 7.98. The number of aliphatic imine (C=N–C) groups is 1. The van der Waals surface area contributed by atoms with Crippen molar-refractivity contribution < 1.29 is 9.84 Å². The van der Waals surface area contributed by atoms with Crippen LogP contribution in [0.3, 0.4) is 0 Å². The lowest BCUT2D eigenvalue weighted by Gasteiger charge is -2.10. The number of sulfonamides is 1. The van der Waals surface area contributed by atoms with Crippen LogP contribution in [0.4, 0.5) is 5.69 Å². The van der Waals surface area contributed by atoms with Gasteiger partial charge in [0.15, 0.2) is 0 Å². The number of primary sulfonamides is 1. The van der Waals surface area contributed by atoms with Crippen molar-refractivity contribution in [2.24, 2.45) is 10.1 Å². The molecule has 0 aromatic heterocycles. The minimum Gasteiger partial charge on any atom is -0.316 e. The van der Waals surface area contributed by atoms with Gasteiger partial charge in [-0.05, 0) is 30.1 Å². The van der Waals surface area contributed by atoms with E-state index in [0.717, 1.165) is 10.6 Å². The predicted molar refractivity (Wildman–Crippen MR) is 56.1 cm³/mol. The Kier molecular flexibility index (Phi) is 2.22. The quantitative estimate of drug-likeness (QED) is 0.696. The summed E-state index contributed by atoms with van der Waals surface area (Å²) in [6.07, 6.45) is 1.55. The van der Waals surface area contributed by atoms with Crippen molar-refractivity contribution in [2.75, 3.05) is 0 Å². The Bertz CT molecular complexity index is 501. The third-order valence-corrected chi connectivity index (χ3v) is 3.37. The first-order valence-corrected chi connectivity index (χ1v) is 6.05. The van der Waals surface area contributed by atoms with Crippen LogP contribution in [0, 0.1) is 0 Å². The van der Waals surface area contributed by atoms with E-state index in [0.29, 0.717) is 0 Å². The summed E-state index contributed by atoms with van der Waals surface area (Å²) in [5, 5.41) is 4.99. The van der Waals surface area contributed by atoms with Crippen LogP contribution in [-0.2, 0) is 10.0 Å². The summed E-state index contributed by atoms with van der Waals surface area (Å²) < 4.78 is 24.9. The second-order valence-electron chi connectivity index (χ2n) is 2.65. The SMILES string of the molecule is NS(=O)(=O)c1ccc2c(c1)SNC=N2.[H+]. The minimum atomic E-state index is -3.63. The zero-order valence-electron chi connectivity index (χ0n) is 7.97. The summed E-state index contributed by atoms with van der Waals surface area (Å²) in [5.41, 5.74) is 0.737. The Morgan fingerprint density at radius 3 is 3.00 bits per heavy atom. The monoisotopic (exact) mass is 230 g/mol. The molecule has 3 N–H and O–H groups in total. The number of hydrogen-bond donors (Lipinski definition) is 2. The molecule has 2 rings (SSSR count). The Morgan fingerprint density at radius 2 is 2.29 bits per heavy atom. The van der Waals surface area contributed by atoms with Gasteiger partial charge in [-0.2, -0.15) is 0 Å². The number of nitrogens with zero attached hydrogens (tertiary/aromatic N) is 1. The number of fused-ring (bicyclic) bond motifs is 1. The van der Waals surface area contributed by atoms with Crippen LogP contribution in [0.5, 0.6) is 0 Å². The fourth-order valence-corrected chi connectivity index (χ4v) is 2.30. The average Bonchev–Trinajstić information content (AvgIpc) is 2.16. The number of benzene rings is 1. The van der Waals surface area contributed by atoms with Gasteiger partial charge in [-0.15, -0.1) is 0 Å². The van der Waals surface area contributed by atoms with Crippen molar-refractivity contribution in [1.82, 2.24) is 4.72 Å². The molecule has 74 valence electrons. The fraction of sp³-hybridized carbons (Fsp3) is 0. The van der Waals surface area contributed by atoms with E-state index in [1.807, 2.05) is 0 Å². The second-order valence-corrected chi connectivity index (χ2v) is 5.09. The predicted octanol–water partition coefficient (Wildman–Crippen LogP) is 0.717. The Labute approximate surface area is 87.1 Å². The zero-order valence-corrected chi connectivity index (χ0v) is 8.60. The lowest BCUT2D eigenvalue weighted by molar-refractivity contribution is 0.597. The van der Waals surface area contributed by atoms with E-state index in [-0.39, 0.29) is 6.32 Å². The molecular formula is C7H8N3O2S2+. The maximum absolute atomic E-state index is 11.0. The third-order valence-electron chi connectivity index (χ3n) is 1.69. The highest BCUT2D eigenvalue weighted by atomic mass is 32.2. The van der Waals surface area contributed by atoms with Gasteiger partial charge in [0.25, 0.3) is 0 Å². The van der Waals surface area contributed by atoms with Gasteiger partial charge in [0.1, 0.15) is 0 Å². The van der Waals surface area contributed by atoms with E-state index < -0.39 is 10.0 Å². The fourth-order valence-electron chi connectivity index (χ4n) is 1.05. The van der Waals surface area contributed by atoms with Crippen molar-refractivity contribution in [1.29, 1.82) is 0 Å². The highest BCUT2D eigenvalue weighted by Crippen LogP contribution is 2.31. The summed E-state index contributed by atoms with van der Waals surface area (Å²) in [7, 11) is -3.63. The van der Waals surface area contributed by atoms with Crippen LogP contribution >= 0.6 is 11.9 Å². The van der Waals surface area contributed by atoms with Crippen molar-refractivity contribution >= 4 is 34.0 Å². The van der Waals surface area contributed by atoms with Gasteiger partial charge >= 0.3 is 1.43 Å². The number of rotatable bonds is 1. The van der Waals surface area contributed by atoms with E-state index in [1.54, 1.807) is 12.4 Å². The highest BCUT2D eigenvalue weighted by Gasteiger charge is 2.12. The van der Waals surface area contributed by atoms with E-state index in [9.17, 15) is 8.42 Å². The van der Waals surface area contributed by atoms with Gasteiger partial charge in [0.05, 0.1) is 21.8 Å². The molecule has 1 heterocycles. The molecule has 0 bridgehead atoms. The summed E-state index contributed by atoms with van der Waals surface area (Å²) in [4.78, 5) is 4.87. The smallest absolute Gasteiger partial charge is 0.316 e. The van der Waals surface area contributed by atoms with Crippen LogP contribution in [0.25, 0.3) is 0 Å². The second kappa shape index (κ2) is 3.26. The molecule has 0 unspecified atom stereocenters. The summed E-state index contributed by atoms with van der Waals surface area (Å²) in [6.45, 7) is 0. The molecule has 0 radical (unpaired) electrons. The van der Waals surface area contributed by atoms with Crippen molar-refractivity contribution in [2.45, 2.75) is 9.79 Å². The van der Waals surface area contributed by atoms with Gasteiger partial charge in [0.2, 0.25) is 10.0 Å². The molecule has 5 nitrogen and oxygen atoms in total. The summed E-state index contributed by atoms with van der Waals surface area (Å²) >= 11 is 1.30. The molecule has 1 aromatic carbocycles. The van der Waals surface area contributed by atoms with E-state index in [1.165, 1.54) is 24.1 Å². The Morgan fingerprint density at radius 1 is 1.50 bits per heavy atom. The molecule has 14 heavy (non-hydrogen) atoms. The molecule has 0 atom stereocenters. The van der Waals surface area contributed by atoms with Crippen molar-refractivity contribution in [3.05, 3.63) is 18.2 Å². The van der Waals surface area contributed by atoms with Crippen LogP contribution in [0.15, 0.2) is 33.0 Å². The van der Waals surface area contributed by atoms with Gasteiger partial charge in [0, 0.05) is 0 Å². The standard InChI is InChI=1S/C7H7N3O2S2/c8-14(11,12)5-1-2-6-7(3-5)13-10-4-9-6/h1-4H,(H,9,10)(H2,8,11,12)/p+1. The minimum absolute atomic E-state index is 0. The van der Waals surface area contributed by atoms with Crippen LogP contribution in [-0.4, -0.2) is 14.8 Å². The lowest BCUT2D eigenvalue weighted by atomic mass is 10.3. The molecule has 7 heteroatoms. The summed E-state index contributed by atoms with van der Waals surface area (Å²) in [5.74, 6) is 0. The molecule has 1 aliphatic rings. The van der Waals surface area contributed by atoms with E-state index in [4.69, 9.17) is 5.14 Å². The van der Waals surface area contributed by atoms with E-state index in [2.05, 4.69) is 9.71 Å². The molecule has 0 saturated heterocycles. The van der Waals surface area contributed by atoms with Crippen molar-refractivity contribution in [3.63, 3.8) is 0 Å². The lowest BCUT2D eigenvalue weighted by Crippen LogP contribution is -2.12. The zero-order chi connectivity index (χ0) is 10.2. The maximum atomic E-state index is 11.0.